The third kappa shape index (κ3) is 2.27. The molecule has 11 heavy (non-hydrogen) atoms. The van der Waals surface area contributed by atoms with Gasteiger partial charge >= 0.3 is 0 Å². The van der Waals surface area contributed by atoms with E-state index in [1.54, 1.807) is 18.4 Å². The first-order valence-corrected chi connectivity index (χ1v) is 4.82. The Morgan fingerprint density at radius 2 is 2.55 bits per heavy atom. The van der Waals surface area contributed by atoms with Crippen LogP contribution in [0.2, 0.25) is 0 Å². The van der Waals surface area contributed by atoms with Gasteiger partial charge in [-0.25, -0.2) is 0 Å². The summed E-state index contributed by atoms with van der Waals surface area (Å²) < 4.78 is 6.07. The van der Waals surface area contributed by atoms with Crippen molar-refractivity contribution in [1.82, 2.24) is 0 Å². The summed E-state index contributed by atoms with van der Waals surface area (Å²) in [6.45, 7) is 0.0312. The van der Waals surface area contributed by atoms with Gasteiger partial charge in [0, 0.05) is 21.8 Å². The summed E-state index contributed by atoms with van der Waals surface area (Å²) in [5.74, 6) is 0. The maximum atomic E-state index is 8.86. The molecular weight excluding hydrogens is 228 g/mol. The van der Waals surface area contributed by atoms with E-state index in [-0.39, 0.29) is 12.7 Å². The molecular formula is C7H9BrO2S. The van der Waals surface area contributed by atoms with Crippen LogP contribution in [-0.2, 0) is 4.74 Å². The van der Waals surface area contributed by atoms with Crippen LogP contribution in [0.3, 0.4) is 0 Å². The molecule has 0 aliphatic rings. The van der Waals surface area contributed by atoms with Gasteiger partial charge in [-0.3, -0.25) is 0 Å². The molecule has 0 aromatic carbocycles. The van der Waals surface area contributed by atoms with Crippen molar-refractivity contribution in [2.24, 2.45) is 0 Å². The Labute approximate surface area is 77.9 Å². The van der Waals surface area contributed by atoms with Gasteiger partial charge in [0.15, 0.2) is 0 Å². The third-order valence-corrected chi connectivity index (χ3v) is 3.14. The number of methoxy groups -OCH3 is 1. The number of rotatable bonds is 3. The van der Waals surface area contributed by atoms with Crippen LogP contribution in [0.5, 0.6) is 0 Å². The lowest BCUT2D eigenvalue weighted by Gasteiger charge is -2.08. The first kappa shape index (κ1) is 9.19. The first-order chi connectivity index (χ1) is 5.27. The minimum absolute atomic E-state index is 0.0312. The first-order valence-electron chi connectivity index (χ1n) is 3.15. The van der Waals surface area contributed by atoms with E-state index in [4.69, 9.17) is 9.84 Å². The smallest absolute Gasteiger partial charge is 0.114 e. The number of aliphatic hydroxyl groups is 1. The van der Waals surface area contributed by atoms with E-state index in [0.717, 1.165) is 9.35 Å². The highest BCUT2D eigenvalue weighted by Crippen LogP contribution is 2.26. The van der Waals surface area contributed by atoms with Crippen molar-refractivity contribution in [3.05, 3.63) is 20.8 Å². The lowest BCUT2D eigenvalue weighted by Crippen LogP contribution is -2.03. The molecule has 1 aromatic heterocycles. The maximum absolute atomic E-state index is 8.86. The molecule has 1 heterocycles. The van der Waals surface area contributed by atoms with Crippen LogP contribution in [-0.4, -0.2) is 18.8 Å². The molecule has 62 valence electrons. The Bertz CT molecular complexity index is 220. The van der Waals surface area contributed by atoms with Gasteiger partial charge in [-0.2, -0.15) is 0 Å². The highest BCUT2D eigenvalue weighted by atomic mass is 79.9. The Morgan fingerprint density at radius 1 is 1.82 bits per heavy atom. The monoisotopic (exact) mass is 236 g/mol. The molecule has 0 radical (unpaired) electrons. The van der Waals surface area contributed by atoms with Crippen LogP contribution in [0.1, 0.15) is 11.0 Å². The van der Waals surface area contributed by atoms with E-state index in [2.05, 4.69) is 15.9 Å². The van der Waals surface area contributed by atoms with Gasteiger partial charge in [-0.1, -0.05) is 0 Å². The van der Waals surface area contributed by atoms with E-state index < -0.39 is 0 Å². The summed E-state index contributed by atoms with van der Waals surface area (Å²) in [6, 6.07) is 1.95. The Balaban J connectivity index is 2.73. The molecule has 1 unspecified atom stereocenters. The average Bonchev–Trinajstić information content (AvgIpc) is 2.39. The van der Waals surface area contributed by atoms with Crippen LogP contribution in [0.25, 0.3) is 0 Å². The van der Waals surface area contributed by atoms with E-state index in [1.807, 2.05) is 11.4 Å². The molecule has 0 amide bonds. The lowest BCUT2D eigenvalue weighted by atomic mass is 10.3. The molecule has 0 aliphatic carbocycles. The Morgan fingerprint density at radius 3 is 2.91 bits per heavy atom. The highest BCUT2D eigenvalue weighted by molar-refractivity contribution is 9.10. The number of halogens is 1. The maximum Gasteiger partial charge on any atom is 0.114 e. The molecule has 4 heteroatoms. The SMILES string of the molecule is COC(CO)c1cc(Br)cs1. The summed E-state index contributed by atoms with van der Waals surface area (Å²) in [5, 5.41) is 10.8. The second kappa shape index (κ2) is 4.21. The van der Waals surface area contributed by atoms with Crippen LogP contribution >= 0.6 is 27.3 Å². The van der Waals surface area contributed by atoms with Crippen LogP contribution in [0, 0.1) is 0 Å². The Kier molecular flexibility index (Phi) is 3.51. The number of aliphatic hydroxyl groups excluding tert-OH is 1. The van der Waals surface area contributed by atoms with Gasteiger partial charge in [0.1, 0.15) is 6.10 Å². The number of hydrogen-bond donors (Lipinski definition) is 1. The highest BCUT2D eigenvalue weighted by Gasteiger charge is 2.10. The Hall–Kier alpha value is 0.1000. The van der Waals surface area contributed by atoms with E-state index in [0.29, 0.717) is 0 Å². The zero-order valence-electron chi connectivity index (χ0n) is 6.08. The molecule has 1 rings (SSSR count). The molecule has 0 spiro atoms. The zero-order valence-corrected chi connectivity index (χ0v) is 8.48. The molecule has 0 saturated heterocycles. The second-order valence-corrected chi connectivity index (χ2v) is 3.93. The van der Waals surface area contributed by atoms with Crippen molar-refractivity contribution < 1.29 is 9.84 Å². The fourth-order valence-corrected chi connectivity index (χ4v) is 2.29. The van der Waals surface area contributed by atoms with Crippen LogP contribution in [0.15, 0.2) is 15.9 Å². The molecule has 0 saturated carbocycles. The molecule has 0 bridgehead atoms. The van der Waals surface area contributed by atoms with Crippen LogP contribution in [0.4, 0.5) is 0 Å². The van der Waals surface area contributed by atoms with Crippen molar-refractivity contribution in [3.63, 3.8) is 0 Å². The van der Waals surface area contributed by atoms with Crippen molar-refractivity contribution >= 4 is 27.3 Å². The van der Waals surface area contributed by atoms with Crippen molar-refractivity contribution in [3.8, 4) is 0 Å². The van der Waals surface area contributed by atoms with E-state index in [1.165, 1.54) is 0 Å². The summed E-state index contributed by atoms with van der Waals surface area (Å²) in [4.78, 5) is 1.04. The third-order valence-electron chi connectivity index (χ3n) is 1.36. The van der Waals surface area contributed by atoms with Gasteiger partial charge in [-0.15, -0.1) is 11.3 Å². The van der Waals surface area contributed by atoms with Crippen molar-refractivity contribution in [1.29, 1.82) is 0 Å². The van der Waals surface area contributed by atoms with Crippen molar-refractivity contribution in [2.45, 2.75) is 6.10 Å². The van der Waals surface area contributed by atoms with Crippen LogP contribution < -0.4 is 0 Å². The van der Waals surface area contributed by atoms with E-state index >= 15 is 0 Å². The molecule has 1 N–H and O–H groups in total. The van der Waals surface area contributed by atoms with Gasteiger partial charge in [-0.05, 0) is 22.0 Å². The summed E-state index contributed by atoms with van der Waals surface area (Å²) >= 11 is 4.91. The lowest BCUT2D eigenvalue weighted by molar-refractivity contribution is 0.0508. The predicted octanol–water partition coefficient (Wildman–Crippen LogP) is 2.19. The second-order valence-electron chi connectivity index (χ2n) is 2.07. The summed E-state index contributed by atoms with van der Waals surface area (Å²) in [5.41, 5.74) is 0. The largest absolute Gasteiger partial charge is 0.393 e. The van der Waals surface area contributed by atoms with Gasteiger partial charge in [0.25, 0.3) is 0 Å². The minimum atomic E-state index is -0.175. The standard InChI is InChI=1S/C7H9BrO2S/c1-10-6(3-9)7-2-5(8)4-11-7/h2,4,6,9H,3H2,1H3. The zero-order chi connectivity index (χ0) is 8.27. The van der Waals surface area contributed by atoms with Gasteiger partial charge < -0.3 is 9.84 Å². The van der Waals surface area contributed by atoms with Crippen molar-refractivity contribution in [2.75, 3.05) is 13.7 Å². The fourth-order valence-electron chi connectivity index (χ4n) is 0.778. The minimum Gasteiger partial charge on any atom is -0.393 e. The van der Waals surface area contributed by atoms with Gasteiger partial charge in [0.05, 0.1) is 6.61 Å². The van der Waals surface area contributed by atoms with E-state index in [9.17, 15) is 0 Å². The summed E-state index contributed by atoms with van der Waals surface area (Å²) in [6.07, 6.45) is -0.175. The fraction of sp³-hybridized carbons (Fsp3) is 0.429. The number of thiophene rings is 1. The predicted molar refractivity (Wildman–Crippen MR) is 48.9 cm³/mol. The summed E-state index contributed by atoms with van der Waals surface area (Å²) in [7, 11) is 1.59. The van der Waals surface area contributed by atoms with Gasteiger partial charge in [0.2, 0.25) is 0 Å². The molecule has 0 aliphatic heterocycles. The number of hydrogen-bond acceptors (Lipinski definition) is 3. The quantitative estimate of drug-likeness (QED) is 0.873. The molecule has 2 nitrogen and oxygen atoms in total. The normalized spacial score (nSPS) is 13.4. The topological polar surface area (TPSA) is 29.5 Å². The average molecular weight is 237 g/mol. The number of ether oxygens (including phenoxy) is 1. The molecule has 1 aromatic rings. The molecule has 1 atom stereocenters. The molecule has 0 fully saturated rings.